The van der Waals surface area contributed by atoms with Crippen molar-refractivity contribution in [3.63, 3.8) is 0 Å². The number of halogens is 2. The first-order valence-electron chi connectivity index (χ1n) is 5.81. The number of nitrogens with zero attached hydrogens (tertiary/aromatic N) is 1. The van der Waals surface area contributed by atoms with Crippen LogP contribution in [0.5, 0.6) is 0 Å². The summed E-state index contributed by atoms with van der Waals surface area (Å²) >= 11 is 0. The first-order chi connectivity index (χ1) is 9.08. The van der Waals surface area contributed by atoms with E-state index in [1.54, 1.807) is 0 Å². The molecule has 0 bridgehead atoms. The fourth-order valence-electron chi connectivity index (χ4n) is 1.59. The lowest BCUT2D eigenvalue weighted by atomic mass is 10.1. The Morgan fingerprint density at radius 2 is 1.42 bits per heavy atom. The van der Waals surface area contributed by atoms with Gasteiger partial charge < -0.3 is 4.90 Å². The summed E-state index contributed by atoms with van der Waals surface area (Å²) in [6.07, 6.45) is 0. The summed E-state index contributed by atoms with van der Waals surface area (Å²) in [6.45, 7) is 0. The molecule has 0 saturated heterocycles. The van der Waals surface area contributed by atoms with Crippen LogP contribution in [0.15, 0.2) is 42.5 Å². The quantitative estimate of drug-likeness (QED) is 0.707. The molecule has 0 spiro atoms. The molecule has 0 amide bonds. The molecule has 2 aromatic rings. The molecule has 3 heteroatoms. The maximum Gasteiger partial charge on any atom is 0.141 e. The Morgan fingerprint density at radius 3 is 1.95 bits per heavy atom. The lowest BCUT2D eigenvalue weighted by molar-refractivity contribution is 0.577. The van der Waals surface area contributed by atoms with Gasteiger partial charge in [0.1, 0.15) is 11.6 Å². The minimum absolute atomic E-state index is 0.195. The monoisotopic (exact) mass is 257 g/mol. The molecule has 0 radical (unpaired) electrons. The van der Waals surface area contributed by atoms with Gasteiger partial charge in [-0.3, -0.25) is 0 Å². The van der Waals surface area contributed by atoms with Gasteiger partial charge in [0.2, 0.25) is 0 Å². The Bertz CT molecular complexity index is 614. The van der Waals surface area contributed by atoms with E-state index in [2.05, 4.69) is 11.8 Å². The molecule has 0 fully saturated rings. The third-order valence-corrected chi connectivity index (χ3v) is 2.68. The van der Waals surface area contributed by atoms with E-state index in [9.17, 15) is 8.78 Å². The van der Waals surface area contributed by atoms with Crippen LogP contribution >= 0.6 is 0 Å². The molecule has 0 aromatic heterocycles. The summed E-state index contributed by atoms with van der Waals surface area (Å²) in [6, 6.07) is 11.2. The van der Waals surface area contributed by atoms with E-state index in [1.807, 2.05) is 43.3 Å². The van der Waals surface area contributed by atoms with E-state index in [0.717, 1.165) is 5.69 Å². The lowest BCUT2D eigenvalue weighted by Gasteiger charge is -2.11. The molecule has 0 aliphatic rings. The molecule has 1 nitrogen and oxygen atoms in total. The van der Waals surface area contributed by atoms with Gasteiger partial charge in [-0.05, 0) is 36.4 Å². The molecular formula is C16H13F2N. The van der Waals surface area contributed by atoms with E-state index in [1.165, 1.54) is 18.2 Å². The first-order valence-corrected chi connectivity index (χ1v) is 5.81. The zero-order chi connectivity index (χ0) is 13.8. The van der Waals surface area contributed by atoms with Crippen LogP contribution in [0.2, 0.25) is 0 Å². The van der Waals surface area contributed by atoms with Crippen molar-refractivity contribution in [1.82, 2.24) is 0 Å². The maximum atomic E-state index is 13.4. The highest BCUT2D eigenvalue weighted by Gasteiger charge is 2.04. The van der Waals surface area contributed by atoms with Crippen molar-refractivity contribution in [3.05, 3.63) is 65.2 Å². The second-order valence-electron chi connectivity index (χ2n) is 4.29. The van der Waals surface area contributed by atoms with Gasteiger partial charge in [0.25, 0.3) is 0 Å². The van der Waals surface area contributed by atoms with Crippen molar-refractivity contribution >= 4 is 5.69 Å². The van der Waals surface area contributed by atoms with Crippen LogP contribution in [0.25, 0.3) is 0 Å². The molecule has 19 heavy (non-hydrogen) atoms. The number of anilines is 1. The van der Waals surface area contributed by atoms with Gasteiger partial charge in [-0.25, -0.2) is 8.78 Å². The topological polar surface area (TPSA) is 3.24 Å². The molecule has 0 atom stereocenters. The van der Waals surface area contributed by atoms with Crippen LogP contribution < -0.4 is 4.90 Å². The van der Waals surface area contributed by atoms with Crippen LogP contribution in [-0.4, -0.2) is 14.1 Å². The standard InChI is InChI=1S/C16H13F2N/c1-19(2)13-9-6-12(7-10-13)8-11-14-15(17)4-3-5-16(14)18/h3-7,9-10H,1-2H3. The van der Waals surface area contributed by atoms with Crippen molar-refractivity contribution in [2.45, 2.75) is 0 Å². The van der Waals surface area contributed by atoms with E-state index in [0.29, 0.717) is 5.56 Å². The Hall–Kier alpha value is -2.34. The van der Waals surface area contributed by atoms with E-state index >= 15 is 0 Å². The maximum absolute atomic E-state index is 13.4. The second kappa shape index (κ2) is 5.53. The Labute approximate surface area is 111 Å². The first kappa shape index (κ1) is 13.1. The number of rotatable bonds is 1. The fraction of sp³-hybridized carbons (Fsp3) is 0.125. The van der Waals surface area contributed by atoms with Gasteiger partial charge in [-0.1, -0.05) is 17.9 Å². The van der Waals surface area contributed by atoms with E-state index in [4.69, 9.17) is 0 Å². The van der Waals surface area contributed by atoms with E-state index in [-0.39, 0.29) is 5.56 Å². The molecule has 0 aliphatic carbocycles. The normalized spacial score (nSPS) is 9.68. The number of benzene rings is 2. The summed E-state index contributed by atoms with van der Waals surface area (Å²) < 4.78 is 26.7. The Balaban J connectivity index is 2.29. The summed E-state index contributed by atoms with van der Waals surface area (Å²) in [7, 11) is 3.88. The van der Waals surface area contributed by atoms with E-state index < -0.39 is 11.6 Å². The largest absolute Gasteiger partial charge is 0.378 e. The highest BCUT2D eigenvalue weighted by Crippen LogP contribution is 2.13. The molecule has 96 valence electrons. The van der Waals surface area contributed by atoms with Crippen molar-refractivity contribution in [3.8, 4) is 11.8 Å². The molecule has 0 heterocycles. The molecule has 0 saturated carbocycles. The third kappa shape index (κ3) is 3.11. The van der Waals surface area contributed by atoms with Gasteiger partial charge >= 0.3 is 0 Å². The van der Waals surface area contributed by atoms with Crippen molar-refractivity contribution < 1.29 is 8.78 Å². The molecule has 2 aromatic carbocycles. The summed E-state index contributed by atoms with van der Waals surface area (Å²) in [4.78, 5) is 1.97. The highest BCUT2D eigenvalue weighted by atomic mass is 19.1. The average molecular weight is 257 g/mol. The van der Waals surface area contributed by atoms with Gasteiger partial charge in [-0.15, -0.1) is 0 Å². The molecule has 0 aliphatic heterocycles. The average Bonchev–Trinajstić information content (AvgIpc) is 2.38. The Kier molecular flexibility index (Phi) is 3.82. The third-order valence-electron chi connectivity index (χ3n) is 2.68. The minimum atomic E-state index is -0.641. The molecular weight excluding hydrogens is 244 g/mol. The lowest BCUT2D eigenvalue weighted by Crippen LogP contribution is -2.07. The Morgan fingerprint density at radius 1 is 0.842 bits per heavy atom. The minimum Gasteiger partial charge on any atom is -0.378 e. The van der Waals surface area contributed by atoms with Crippen LogP contribution in [-0.2, 0) is 0 Å². The molecule has 0 N–H and O–H groups in total. The molecule has 0 unspecified atom stereocenters. The van der Waals surface area contributed by atoms with Crippen molar-refractivity contribution in [1.29, 1.82) is 0 Å². The van der Waals surface area contributed by atoms with Crippen molar-refractivity contribution in [2.24, 2.45) is 0 Å². The van der Waals surface area contributed by atoms with Gasteiger partial charge in [-0.2, -0.15) is 0 Å². The summed E-state index contributed by atoms with van der Waals surface area (Å²) in [5.41, 5.74) is 1.56. The smallest absolute Gasteiger partial charge is 0.141 e. The molecule has 2 rings (SSSR count). The van der Waals surface area contributed by atoms with Crippen LogP contribution in [0.1, 0.15) is 11.1 Å². The fourth-order valence-corrected chi connectivity index (χ4v) is 1.59. The predicted molar refractivity (Wildman–Crippen MR) is 73.1 cm³/mol. The summed E-state index contributed by atoms with van der Waals surface area (Å²) in [5.74, 6) is 4.01. The predicted octanol–water partition coefficient (Wildman–Crippen LogP) is 3.43. The second-order valence-corrected chi connectivity index (χ2v) is 4.29. The number of hydrogen-bond acceptors (Lipinski definition) is 1. The van der Waals surface area contributed by atoms with Crippen molar-refractivity contribution in [2.75, 3.05) is 19.0 Å². The summed E-state index contributed by atoms with van der Waals surface area (Å²) in [5, 5.41) is 0. The SMILES string of the molecule is CN(C)c1ccc(C#Cc2c(F)cccc2F)cc1. The zero-order valence-corrected chi connectivity index (χ0v) is 10.7. The number of hydrogen-bond donors (Lipinski definition) is 0. The van der Waals surface area contributed by atoms with Gasteiger partial charge in [0.05, 0.1) is 5.56 Å². The zero-order valence-electron chi connectivity index (χ0n) is 10.7. The van der Waals surface area contributed by atoms with Gasteiger partial charge in [0.15, 0.2) is 0 Å². The van der Waals surface area contributed by atoms with Crippen LogP contribution in [0.3, 0.4) is 0 Å². The van der Waals surface area contributed by atoms with Crippen LogP contribution in [0, 0.1) is 23.5 Å². The van der Waals surface area contributed by atoms with Gasteiger partial charge in [0, 0.05) is 25.3 Å². The highest BCUT2D eigenvalue weighted by molar-refractivity contribution is 5.51. The van der Waals surface area contributed by atoms with Crippen LogP contribution in [0.4, 0.5) is 14.5 Å².